The van der Waals surface area contributed by atoms with Crippen LogP contribution in [0, 0.1) is 11.3 Å². The Hall–Kier alpha value is -0.0400. The van der Waals surface area contributed by atoms with E-state index >= 15 is 0 Å². The minimum absolute atomic E-state index is 0.411. The van der Waals surface area contributed by atoms with Gasteiger partial charge in [0.2, 0.25) is 0 Å². The van der Waals surface area contributed by atoms with Crippen LogP contribution < -0.4 is 0 Å². The second-order valence-electron chi connectivity index (χ2n) is 4.27. The Morgan fingerprint density at radius 2 is 2.00 bits per heavy atom. The molecule has 0 N–H and O–H groups in total. The van der Waals surface area contributed by atoms with Gasteiger partial charge in [0.15, 0.2) is 0 Å². The largest absolute Gasteiger partial charge is 0.377 e. The molecule has 0 bridgehead atoms. The molecule has 0 radical (unpaired) electrons. The summed E-state index contributed by atoms with van der Waals surface area (Å²) in [5, 5.41) is 0. The van der Waals surface area contributed by atoms with Gasteiger partial charge in [-0.2, -0.15) is 0 Å². The van der Waals surface area contributed by atoms with E-state index in [1.165, 1.54) is 6.42 Å². The molecular weight excluding hydrogens is 124 g/mol. The summed E-state index contributed by atoms with van der Waals surface area (Å²) in [6.45, 7) is 10.0. The van der Waals surface area contributed by atoms with Gasteiger partial charge in [-0.3, -0.25) is 0 Å². The van der Waals surface area contributed by atoms with Crippen LogP contribution in [0.4, 0.5) is 0 Å². The van der Waals surface area contributed by atoms with E-state index in [4.69, 9.17) is 4.74 Å². The summed E-state index contributed by atoms with van der Waals surface area (Å²) in [7, 11) is 0. The highest BCUT2D eigenvalue weighted by molar-refractivity contribution is 4.85. The summed E-state index contributed by atoms with van der Waals surface area (Å²) in [6, 6.07) is 0. The molecule has 1 fully saturated rings. The summed E-state index contributed by atoms with van der Waals surface area (Å²) in [4.78, 5) is 0. The lowest BCUT2D eigenvalue weighted by atomic mass is 9.80. The number of rotatable bonds is 1. The molecule has 1 rings (SSSR count). The van der Waals surface area contributed by atoms with E-state index in [-0.39, 0.29) is 0 Å². The molecule has 1 heteroatoms. The SMILES string of the molecule is CC(C)C1OCCC1(C)C. The van der Waals surface area contributed by atoms with E-state index in [2.05, 4.69) is 27.7 Å². The third-order valence-corrected chi connectivity index (χ3v) is 2.42. The van der Waals surface area contributed by atoms with Crippen molar-refractivity contribution < 1.29 is 4.74 Å². The fraction of sp³-hybridized carbons (Fsp3) is 1.00. The number of hydrogen-bond acceptors (Lipinski definition) is 1. The molecule has 0 aromatic carbocycles. The van der Waals surface area contributed by atoms with Crippen molar-refractivity contribution in [2.45, 2.75) is 40.2 Å². The topological polar surface area (TPSA) is 9.23 Å². The standard InChI is InChI=1S/C9H18O/c1-7(2)8-9(3,4)5-6-10-8/h7-8H,5-6H2,1-4H3. The van der Waals surface area contributed by atoms with E-state index in [0.29, 0.717) is 17.4 Å². The second-order valence-corrected chi connectivity index (χ2v) is 4.27. The molecule has 1 heterocycles. The van der Waals surface area contributed by atoms with Gasteiger partial charge in [0, 0.05) is 6.61 Å². The van der Waals surface area contributed by atoms with Crippen molar-refractivity contribution in [3.8, 4) is 0 Å². The van der Waals surface area contributed by atoms with Crippen LogP contribution in [0.3, 0.4) is 0 Å². The summed E-state index contributed by atoms with van der Waals surface area (Å²) in [5.74, 6) is 0.664. The van der Waals surface area contributed by atoms with Crippen LogP contribution in [0.5, 0.6) is 0 Å². The van der Waals surface area contributed by atoms with Gasteiger partial charge in [-0.25, -0.2) is 0 Å². The van der Waals surface area contributed by atoms with Crippen molar-refractivity contribution in [3.05, 3.63) is 0 Å². The summed E-state index contributed by atoms with van der Waals surface area (Å²) >= 11 is 0. The fourth-order valence-electron chi connectivity index (χ4n) is 1.91. The Labute approximate surface area is 63.8 Å². The van der Waals surface area contributed by atoms with Gasteiger partial charge < -0.3 is 4.74 Å². The van der Waals surface area contributed by atoms with E-state index < -0.39 is 0 Å². The maximum absolute atomic E-state index is 5.63. The molecule has 0 saturated carbocycles. The van der Waals surface area contributed by atoms with E-state index in [1.54, 1.807) is 0 Å². The first-order valence-electron chi connectivity index (χ1n) is 4.15. The van der Waals surface area contributed by atoms with Gasteiger partial charge >= 0.3 is 0 Å². The molecular formula is C9H18O. The van der Waals surface area contributed by atoms with Crippen molar-refractivity contribution >= 4 is 0 Å². The number of hydrogen-bond donors (Lipinski definition) is 0. The molecule has 0 aromatic heterocycles. The normalized spacial score (nSPS) is 31.5. The Kier molecular flexibility index (Phi) is 2.04. The molecule has 1 nitrogen and oxygen atoms in total. The van der Waals surface area contributed by atoms with Crippen LogP contribution in [0.2, 0.25) is 0 Å². The van der Waals surface area contributed by atoms with Crippen LogP contribution in [0.1, 0.15) is 34.1 Å². The monoisotopic (exact) mass is 142 g/mol. The second kappa shape index (κ2) is 2.54. The first kappa shape index (κ1) is 8.06. The molecule has 1 aliphatic heterocycles. The summed E-state index contributed by atoms with van der Waals surface area (Å²) < 4.78 is 5.63. The van der Waals surface area contributed by atoms with Crippen LogP contribution in [-0.4, -0.2) is 12.7 Å². The minimum Gasteiger partial charge on any atom is -0.377 e. The Bertz CT molecular complexity index is 116. The van der Waals surface area contributed by atoms with Crippen molar-refractivity contribution in [2.75, 3.05) is 6.61 Å². The van der Waals surface area contributed by atoms with Gasteiger partial charge in [0.1, 0.15) is 0 Å². The zero-order chi connectivity index (χ0) is 7.78. The summed E-state index contributed by atoms with van der Waals surface area (Å²) in [5.41, 5.74) is 0.411. The Balaban J connectivity index is 2.59. The van der Waals surface area contributed by atoms with Crippen molar-refractivity contribution in [1.29, 1.82) is 0 Å². The Morgan fingerprint density at radius 1 is 1.40 bits per heavy atom. The molecule has 0 spiro atoms. The minimum atomic E-state index is 0.411. The van der Waals surface area contributed by atoms with Gasteiger partial charge in [0.05, 0.1) is 6.10 Å². The molecule has 1 saturated heterocycles. The average Bonchev–Trinajstić information content (AvgIpc) is 2.08. The maximum Gasteiger partial charge on any atom is 0.0649 e. The predicted octanol–water partition coefficient (Wildman–Crippen LogP) is 2.46. The summed E-state index contributed by atoms with van der Waals surface area (Å²) in [6.07, 6.45) is 1.70. The van der Waals surface area contributed by atoms with E-state index in [1.807, 2.05) is 0 Å². The highest BCUT2D eigenvalue weighted by atomic mass is 16.5. The van der Waals surface area contributed by atoms with E-state index in [0.717, 1.165) is 6.61 Å². The van der Waals surface area contributed by atoms with Crippen LogP contribution >= 0.6 is 0 Å². The Morgan fingerprint density at radius 3 is 2.20 bits per heavy atom. The molecule has 1 atom stereocenters. The molecule has 1 unspecified atom stereocenters. The molecule has 10 heavy (non-hydrogen) atoms. The highest BCUT2D eigenvalue weighted by Crippen LogP contribution is 2.37. The lowest BCUT2D eigenvalue weighted by Crippen LogP contribution is -2.29. The predicted molar refractivity (Wildman–Crippen MR) is 43.0 cm³/mol. The first-order valence-corrected chi connectivity index (χ1v) is 4.15. The zero-order valence-electron chi connectivity index (χ0n) is 7.48. The highest BCUT2D eigenvalue weighted by Gasteiger charge is 2.37. The van der Waals surface area contributed by atoms with Gasteiger partial charge in [-0.15, -0.1) is 0 Å². The number of ether oxygens (including phenoxy) is 1. The van der Waals surface area contributed by atoms with E-state index in [9.17, 15) is 0 Å². The molecule has 1 aliphatic rings. The van der Waals surface area contributed by atoms with Crippen molar-refractivity contribution in [3.63, 3.8) is 0 Å². The van der Waals surface area contributed by atoms with Crippen LogP contribution in [0.15, 0.2) is 0 Å². The molecule has 0 amide bonds. The van der Waals surface area contributed by atoms with Crippen LogP contribution in [-0.2, 0) is 4.74 Å². The molecule has 60 valence electrons. The average molecular weight is 142 g/mol. The quantitative estimate of drug-likeness (QED) is 0.546. The zero-order valence-corrected chi connectivity index (χ0v) is 7.48. The lowest BCUT2D eigenvalue weighted by molar-refractivity contribution is 0.0276. The van der Waals surface area contributed by atoms with Gasteiger partial charge in [-0.1, -0.05) is 27.7 Å². The van der Waals surface area contributed by atoms with Crippen molar-refractivity contribution in [1.82, 2.24) is 0 Å². The van der Waals surface area contributed by atoms with Crippen molar-refractivity contribution in [2.24, 2.45) is 11.3 Å². The van der Waals surface area contributed by atoms with Gasteiger partial charge in [-0.05, 0) is 17.8 Å². The first-order chi connectivity index (χ1) is 4.54. The lowest BCUT2D eigenvalue weighted by Gasteiger charge is -2.28. The van der Waals surface area contributed by atoms with Crippen LogP contribution in [0.25, 0.3) is 0 Å². The fourth-order valence-corrected chi connectivity index (χ4v) is 1.91. The smallest absolute Gasteiger partial charge is 0.0649 e. The van der Waals surface area contributed by atoms with Gasteiger partial charge in [0.25, 0.3) is 0 Å². The maximum atomic E-state index is 5.63. The third-order valence-electron chi connectivity index (χ3n) is 2.42. The third kappa shape index (κ3) is 1.34. The molecule has 0 aromatic rings. The molecule has 0 aliphatic carbocycles.